The van der Waals surface area contributed by atoms with Gasteiger partial charge in [0.25, 0.3) is 5.91 Å². The zero-order chi connectivity index (χ0) is 20.8. The largest absolute Gasteiger partial charge is 0.496 e. The quantitative estimate of drug-likeness (QED) is 0.703. The number of hydrogen-bond donors (Lipinski definition) is 1. The number of carbonyl (C=O) groups is 2. The molecule has 154 valence electrons. The van der Waals surface area contributed by atoms with E-state index in [0.29, 0.717) is 41.9 Å². The smallest absolute Gasteiger partial charge is 0.342 e. The molecule has 9 nitrogen and oxygen atoms in total. The predicted octanol–water partition coefficient (Wildman–Crippen LogP) is 2.28. The zero-order valence-electron chi connectivity index (χ0n) is 16.3. The second-order valence-corrected chi connectivity index (χ2v) is 5.89. The van der Waals surface area contributed by atoms with Crippen LogP contribution in [0.5, 0.6) is 28.7 Å². The van der Waals surface area contributed by atoms with Gasteiger partial charge in [-0.25, -0.2) is 4.79 Å². The summed E-state index contributed by atoms with van der Waals surface area (Å²) in [7, 11) is 4.32. The second kappa shape index (κ2) is 9.05. The van der Waals surface area contributed by atoms with E-state index >= 15 is 0 Å². The van der Waals surface area contributed by atoms with Gasteiger partial charge in [-0.05, 0) is 12.1 Å². The lowest BCUT2D eigenvalue weighted by Gasteiger charge is -2.19. The van der Waals surface area contributed by atoms with Crippen LogP contribution in [0.25, 0.3) is 0 Å². The van der Waals surface area contributed by atoms with Crippen LogP contribution in [0.2, 0.25) is 0 Å². The molecule has 1 aliphatic heterocycles. The van der Waals surface area contributed by atoms with Gasteiger partial charge < -0.3 is 33.7 Å². The summed E-state index contributed by atoms with van der Waals surface area (Å²) in [4.78, 5) is 24.6. The van der Waals surface area contributed by atoms with Gasteiger partial charge in [-0.3, -0.25) is 4.79 Å². The molecule has 0 radical (unpaired) electrons. The third-order valence-electron chi connectivity index (χ3n) is 4.09. The summed E-state index contributed by atoms with van der Waals surface area (Å²) in [6.45, 7) is 0.439. The minimum absolute atomic E-state index is 0.109. The summed E-state index contributed by atoms with van der Waals surface area (Å²) >= 11 is 0. The molecule has 1 amide bonds. The van der Waals surface area contributed by atoms with Gasteiger partial charge in [0.2, 0.25) is 0 Å². The molecule has 1 N–H and O–H groups in total. The summed E-state index contributed by atoms with van der Waals surface area (Å²) in [5, 5.41) is 2.64. The van der Waals surface area contributed by atoms with Crippen molar-refractivity contribution < 1.29 is 38.0 Å². The van der Waals surface area contributed by atoms with Crippen LogP contribution in [0.3, 0.4) is 0 Å². The lowest BCUT2D eigenvalue weighted by Crippen LogP contribution is -2.21. The van der Waals surface area contributed by atoms with Gasteiger partial charge in [0, 0.05) is 23.9 Å². The Morgan fingerprint density at radius 1 is 0.897 bits per heavy atom. The van der Waals surface area contributed by atoms with E-state index in [2.05, 4.69) is 5.32 Å². The van der Waals surface area contributed by atoms with Crippen LogP contribution in [0.1, 0.15) is 10.4 Å². The van der Waals surface area contributed by atoms with Gasteiger partial charge in [0.15, 0.2) is 29.6 Å². The van der Waals surface area contributed by atoms with Crippen molar-refractivity contribution in [1.82, 2.24) is 0 Å². The highest BCUT2D eigenvalue weighted by Crippen LogP contribution is 2.35. The molecule has 0 unspecified atom stereocenters. The number of carbonyl (C=O) groups excluding carboxylic acids is 2. The van der Waals surface area contributed by atoms with E-state index in [0.717, 1.165) is 0 Å². The van der Waals surface area contributed by atoms with Crippen molar-refractivity contribution >= 4 is 17.6 Å². The summed E-state index contributed by atoms with van der Waals surface area (Å²) in [6.07, 6.45) is 0. The van der Waals surface area contributed by atoms with Crippen molar-refractivity contribution in [3.63, 3.8) is 0 Å². The summed E-state index contributed by atoms with van der Waals surface area (Å²) in [5.74, 6) is 0.884. The fourth-order valence-electron chi connectivity index (χ4n) is 2.72. The fraction of sp³-hybridized carbons (Fsp3) is 0.300. The maximum absolute atomic E-state index is 12.4. The van der Waals surface area contributed by atoms with Crippen molar-refractivity contribution in [3.8, 4) is 28.7 Å². The lowest BCUT2D eigenvalue weighted by molar-refractivity contribution is -0.119. The SMILES string of the molecule is COc1cc(OC)c(C(=O)OCC(=O)Nc2ccc3c(c2)OCCO3)cc1OC. The molecule has 29 heavy (non-hydrogen) atoms. The van der Waals surface area contributed by atoms with Crippen LogP contribution in [-0.2, 0) is 9.53 Å². The van der Waals surface area contributed by atoms with Crippen LogP contribution in [0, 0.1) is 0 Å². The molecule has 1 aliphatic rings. The highest BCUT2D eigenvalue weighted by atomic mass is 16.6. The lowest BCUT2D eigenvalue weighted by atomic mass is 10.1. The maximum Gasteiger partial charge on any atom is 0.342 e. The van der Waals surface area contributed by atoms with Gasteiger partial charge >= 0.3 is 5.97 Å². The van der Waals surface area contributed by atoms with E-state index in [1.165, 1.54) is 33.5 Å². The molecule has 0 aliphatic carbocycles. The van der Waals surface area contributed by atoms with Crippen LogP contribution < -0.4 is 29.0 Å². The molecule has 2 aromatic rings. The first-order valence-corrected chi connectivity index (χ1v) is 8.72. The van der Waals surface area contributed by atoms with Gasteiger partial charge in [0.05, 0.1) is 21.3 Å². The Morgan fingerprint density at radius 3 is 2.24 bits per heavy atom. The average Bonchev–Trinajstić information content (AvgIpc) is 2.76. The van der Waals surface area contributed by atoms with Gasteiger partial charge in [-0.1, -0.05) is 0 Å². The fourth-order valence-corrected chi connectivity index (χ4v) is 2.72. The summed E-state index contributed by atoms with van der Waals surface area (Å²) < 4.78 is 31.6. The highest BCUT2D eigenvalue weighted by Gasteiger charge is 2.20. The van der Waals surface area contributed by atoms with Gasteiger partial charge in [-0.2, -0.15) is 0 Å². The number of rotatable bonds is 7. The standard InChI is InChI=1S/C20H21NO8/c1-24-15-10-17(26-3)16(25-2)9-13(15)20(23)29-11-19(22)21-12-4-5-14-18(8-12)28-7-6-27-14/h4-5,8-10H,6-7,11H2,1-3H3,(H,21,22). The normalized spacial score (nSPS) is 12.0. The van der Waals surface area contributed by atoms with Gasteiger partial charge in [-0.15, -0.1) is 0 Å². The average molecular weight is 403 g/mol. The first-order chi connectivity index (χ1) is 14.0. The van der Waals surface area contributed by atoms with E-state index < -0.39 is 18.5 Å². The minimum Gasteiger partial charge on any atom is -0.496 e. The zero-order valence-corrected chi connectivity index (χ0v) is 16.3. The molecule has 0 spiro atoms. The van der Waals surface area contributed by atoms with Crippen LogP contribution in [-0.4, -0.2) is 53.0 Å². The van der Waals surface area contributed by atoms with Crippen LogP contribution >= 0.6 is 0 Å². The first-order valence-electron chi connectivity index (χ1n) is 8.72. The molecule has 0 bridgehead atoms. The van der Waals surface area contributed by atoms with Crippen molar-refractivity contribution in [2.45, 2.75) is 0 Å². The number of fused-ring (bicyclic) bond motifs is 1. The highest BCUT2D eigenvalue weighted by molar-refractivity contribution is 5.97. The summed E-state index contributed by atoms with van der Waals surface area (Å²) in [6, 6.07) is 7.95. The van der Waals surface area contributed by atoms with Crippen molar-refractivity contribution in [2.75, 3.05) is 46.5 Å². The molecule has 9 heteroatoms. The Morgan fingerprint density at radius 2 is 1.55 bits per heavy atom. The number of methoxy groups -OCH3 is 3. The maximum atomic E-state index is 12.4. The Hall–Kier alpha value is -3.62. The Balaban J connectivity index is 1.63. The number of hydrogen-bond acceptors (Lipinski definition) is 8. The molecule has 2 aromatic carbocycles. The topological polar surface area (TPSA) is 102 Å². The van der Waals surface area contributed by atoms with E-state index in [-0.39, 0.29) is 11.3 Å². The molecular formula is C20H21NO8. The second-order valence-electron chi connectivity index (χ2n) is 5.89. The Labute approximate surface area is 167 Å². The van der Waals surface area contributed by atoms with Crippen LogP contribution in [0.15, 0.2) is 30.3 Å². The molecule has 0 fully saturated rings. The first kappa shape index (κ1) is 20.1. The van der Waals surface area contributed by atoms with E-state index in [9.17, 15) is 9.59 Å². The molecular weight excluding hydrogens is 382 g/mol. The molecule has 1 heterocycles. The number of ether oxygens (including phenoxy) is 6. The molecule has 0 atom stereocenters. The monoisotopic (exact) mass is 403 g/mol. The van der Waals surface area contributed by atoms with Crippen LogP contribution in [0.4, 0.5) is 5.69 Å². The molecule has 0 saturated heterocycles. The van der Waals surface area contributed by atoms with E-state index in [1.54, 1.807) is 18.2 Å². The van der Waals surface area contributed by atoms with E-state index in [4.69, 9.17) is 28.4 Å². The molecule has 0 saturated carbocycles. The molecule has 0 aromatic heterocycles. The predicted molar refractivity (Wildman–Crippen MR) is 102 cm³/mol. The van der Waals surface area contributed by atoms with E-state index in [1.807, 2.05) is 0 Å². The Kier molecular flexibility index (Phi) is 6.28. The van der Waals surface area contributed by atoms with Gasteiger partial charge in [0.1, 0.15) is 24.5 Å². The number of anilines is 1. The number of amides is 1. The van der Waals surface area contributed by atoms with Crippen molar-refractivity contribution in [1.29, 1.82) is 0 Å². The van der Waals surface area contributed by atoms with Crippen molar-refractivity contribution in [3.05, 3.63) is 35.9 Å². The van der Waals surface area contributed by atoms with Crippen molar-refractivity contribution in [2.24, 2.45) is 0 Å². The number of benzene rings is 2. The Bertz CT molecular complexity index is 912. The number of nitrogens with one attached hydrogen (secondary N) is 1. The third kappa shape index (κ3) is 4.63. The minimum atomic E-state index is -0.736. The number of esters is 1. The third-order valence-corrected chi connectivity index (χ3v) is 4.09. The summed E-state index contributed by atoms with van der Waals surface area (Å²) in [5.41, 5.74) is 0.608. The molecule has 3 rings (SSSR count).